The molecule has 1 aromatic carbocycles. The number of rotatable bonds is 7. The molecule has 2 aliphatic heterocycles. The van der Waals surface area contributed by atoms with Crippen LogP contribution in [0.3, 0.4) is 0 Å². The van der Waals surface area contributed by atoms with Gasteiger partial charge in [0, 0.05) is 44.8 Å². The molecule has 1 aliphatic carbocycles. The van der Waals surface area contributed by atoms with Crippen LogP contribution in [0.4, 0.5) is 20.5 Å². The van der Waals surface area contributed by atoms with Gasteiger partial charge in [-0.2, -0.15) is 9.97 Å². The van der Waals surface area contributed by atoms with Crippen LogP contribution in [-0.2, 0) is 9.47 Å². The summed E-state index contributed by atoms with van der Waals surface area (Å²) in [5, 5.41) is 3.52. The fourth-order valence-electron chi connectivity index (χ4n) is 5.87. The van der Waals surface area contributed by atoms with Crippen molar-refractivity contribution in [3.63, 3.8) is 0 Å². The second-order valence-corrected chi connectivity index (χ2v) is 10.3. The predicted octanol–water partition coefficient (Wildman–Crippen LogP) is 3.89. The SMILES string of the molecule is FC(F)c1nc2ccccc2n1-c1cc(NC[C@H]2CC[C@H](N3CCOCC3)CC2)nc(N2CCOCC2)n1. The number of fused-ring (bicyclic) bond motifs is 1. The van der Waals surface area contributed by atoms with Gasteiger partial charge in [0.2, 0.25) is 5.95 Å². The van der Waals surface area contributed by atoms with Crippen molar-refractivity contribution in [1.29, 1.82) is 0 Å². The van der Waals surface area contributed by atoms with Gasteiger partial charge in [0.25, 0.3) is 6.43 Å². The van der Waals surface area contributed by atoms with Crippen molar-refractivity contribution in [3.05, 3.63) is 36.2 Å². The van der Waals surface area contributed by atoms with E-state index in [9.17, 15) is 8.78 Å². The maximum atomic E-state index is 14.1. The number of halogens is 2. The zero-order chi connectivity index (χ0) is 25.9. The normalized spacial score (nSPS) is 23.3. The summed E-state index contributed by atoms with van der Waals surface area (Å²) in [5.41, 5.74) is 1.11. The van der Waals surface area contributed by atoms with E-state index in [1.54, 1.807) is 24.3 Å². The number of ether oxygens (including phenoxy) is 2. The molecule has 3 fully saturated rings. The number of nitrogens with zero attached hydrogens (tertiary/aromatic N) is 6. The van der Waals surface area contributed by atoms with Gasteiger partial charge >= 0.3 is 0 Å². The lowest BCUT2D eigenvalue weighted by Crippen LogP contribution is -2.45. The van der Waals surface area contributed by atoms with Gasteiger partial charge in [0.15, 0.2) is 5.82 Å². The average Bonchev–Trinajstić information content (AvgIpc) is 3.37. The topological polar surface area (TPSA) is 80.6 Å². The molecule has 1 N–H and O–H groups in total. The molecule has 0 bridgehead atoms. The van der Waals surface area contributed by atoms with E-state index in [0.29, 0.717) is 66.9 Å². The molecule has 3 aliphatic rings. The van der Waals surface area contributed by atoms with Crippen LogP contribution in [0.1, 0.15) is 37.9 Å². The summed E-state index contributed by atoms with van der Waals surface area (Å²) >= 11 is 0. The van der Waals surface area contributed by atoms with Crippen molar-refractivity contribution < 1.29 is 18.3 Å². The van der Waals surface area contributed by atoms with Crippen molar-refractivity contribution in [2.75, 3.05) is 69.4 Å². The Bertz CT molecular complexity index is 1220. The molecule has 2 saturated heterocycles. The quantitative estimate of drug-likeness (QED) is 0.496. The standard InChI is InChI=1S/C27H35F2N7O2/c28-25(29)26-31-21-3-1-2-4-22(21)36(26)24-17-23(32-27(33-24)35-11-15-38-16-12-35)30-18-19-5-7-20(8-6-19)34-9-13-37-14-10-34/h1-4,17,19-20,25H,5-16,18H2,(H,30,32,33)/t19-,20-. The molecule has 9 nitrogen and oxygen atoms in total. The highest BCUT2D eigenvalue weighted by atomic mass is 19.3. The molecule has 11 heteroatoms. The Morgan fingerprint density at radius 3 is 2.34 bits per heavy atom. The first kappa shape index (κ1) is 25.4. The number of imidazole rings is 1. The summed E-state index contributed by atoms with van der Waals surface area (Å²) in [4.78, 5) is 18.4. The Morgan fingerprint density at radius 2 is 1.61 bits per heavy atom. The van der Waals surface area contributed by atoms with Gasteiger partial charge in [-0.15, -0.1) is 0 Å². The first-order chi connectivity index (χ1) is 18.7. The minimum absolute atomic E-state index is 0.315. The van der Waals surface area contributed by atoms with E-state index in [-0.39, 0.29) is 5.82 Å². The van der Waals surface area contributed by atoms with Gasteiger partial charge in [0.05, 0.1) is 37.5 Å². The summed E-state index contributed by atoms with van der Waals surface area (Å²) in [5.74, 6) is 1.78. The van der Waals surface area contributed by atoms with Gasteiger partial charge in [-0.05, 0) is 43.7 Å². The molecular formula is C27H35F2N7O2. The van der Waals surface area contributed by atoms with Crippen molar-refractivity contribution in [1.82, 2.24) is 24.4 Å². The third kappa shape index (κ3) is 5.45. The average molecular weight is 528 g/mol. The Labute approximate surface area is 221 Å². The second-order valence-electron chi connectivity index (χ2n) is 10.3. The van der Waals surface area contributed by atoms with E-state index in [1.165, 1.54) is 17.4 Å². The number of para-hydroxylation sites is 2. The summed E-state index contributed by atoms with van der Waals surface area (Å²) in [7, 11) is 0. The molecule has 0 unspecified atom stereocenters. The second kappa shape index (κ2) is 11.5. The molecule has 2 aromatic heterocycles. The zero-order valence-electron chi connectivity index (χ0n) is 21.6. The Hall–Kier alpha value is -2.89. The number of hydrogen-bond donors (Lipinski definition) is 1. The number of alkyl halides is 2. The van der Waals surface area contributed by atoms with Crippen LogP contribution < -0.4 is 10.2 Å². The summed E-state index contributed by atoms with van der Waals surface area (Å²) in [6.07, 6.45) is 1.97. The fraction of sp³-hybridized carbons (Fsp3) is 0.593. The van der Waals surface area contributed by atoms with Gasteiger partial charge < -0.3 is 19.7 Å². The van der Waals surface area contributed by atoms with Crippen molar-refractivity contribution in [2.45, 2.75) is 38.2 Å². The first-order valence-electron chi connectivity index (χ1n) is 13.7. The van der Waals surface area contributed by atoms with E-state index in [2.05, 4.69) is 15.2 Å². The maximum absolute atomic E-state index is 14.1. The lowest BCUT2D eigenvalue weighted by atomic mass is 9.85. The van der Waals surface area contributed by atoms with Crippen molar-refractivity contribution in [2.24, 2.45) is 5.92 Å². The van der Waals surface area contributed by atoms with Gasteiger partial charge in [-0.25, -0.2) is 13.8 Å². The lowest BCUT2D eigenvalue weighted by Gasteiger charge is -2.38. The predicted molar refractivity (Wildman–Crippen MR) is 141 cm³/mol. The van der Waals surface area contributed by atoms with E-state index in [0.717, 1.165) is 45.7 Å². The number of nitrogens with one attached hydrogen (secondary N) is 1. The molecule has 6 rings (SSSR count). The molecule has 0 amide bonds. The van der Waals surface area contributed by atoms with Crippen LogP contribution >= 0.6 is 0 Å². The lowest BCUT2D eigenvalue weighted by molar-refractivity contribution is 0.00539. The van der Waals surface area contributed by atoms with E-state index < -0.39 is 6.43 Å². The molecule has 1 saturated carbocycles. The molecule has 0 atom stereocenters. The van der Waals surface area contributed by atoms with E-state index in [1.807, 2.05) is 11.0 Å². The van der Waals surface area contributed by atoms with Crippen molar-refractivity contribution >= 4 is 22.8 Å². The molecule has 0 spiro atoms. The minimum atomic E-state index is -2.73. The fourth-order valence-corrected chi connectivity index (χ4v) is 5.87. The smallest absolute Gasteiger partial charge is 0.296 e. The van der Waals surface area contributed by atoms with Crippen molar-refractivity contribution in [3.8, 4) is 5.82 Å². The van der Waals surface area contributed by atoms with Gasteiger partial charge in [-0.1, -0.05) is 12.1 Å². The Balaban J connectivity index is 1.24. The third-order valence-electron chi connectivity index (χ3n) is 7.96. The van der Waals surface area contributed by atoms with E-state index in [4.69, 9.17) is 19.4 Å². The summed E-state index contributed by atoms with van der Waals surface area (Å²) in [6.45, 7) is 7.00. The monoisotopic (exact) mass is 527 g/mol. The molecule has 3 aromatic rings. The highest BCUT2D eigenvalue weighted by Crippen LogP contribution is 2.31. The van der Waals surface area contributed by atoms with Gasteiger partial charge in [0.1, 0.15) is 11.6 Å². The molecule has 4 heterocycles. The van der Waals surface area contributed by atoms with Crippen LogP contribution in [0.15, 0.2) is 30.3 Å². The minimum Gasteiger partial charge on any atom is -0.379 e. The summed E-state index contributed by atoms with van der Waals surface area (Å²) < 4.78 is 40.6. The molecule has 0 radical (unpaired) electrons. The van der Waals surface area contributed by atoms with Crippen LogP contribution in [-0.4, -0.2) is 89.6 Å². The Morgan fingerprint density at radius 1 is 0.895 bits per heavy atom. The number of benzene rings is 1. The number of morpholine rings is 2. The Kier molecular flexibility index (Phi) is 7.66. The highest BCUT2D eigenvalue weighted by Gasteiger charge is 2.27. The zero-order valence-corrected chi connectivity index (χ0v) is 21.6. The number of aromatic nitrogens is 4. The summed E-state index contributed by atoms with van der Waals surface area (Å²) in [6, 6.07) is 9.58. The number of hydrogen-bond acceptors (Lipinski definition) is 8. The highest BCUT2D eigenvalue weighted by molar-refractivity contribution is 5.78. The largest absolute Gasteiger partial charge is 0.379 e. The van der Waals surface area contributed by atoms with Crippen LogP contribution in [0, 0.1) is 5.92 Å². The molecular weight excluding hydrogens is 492 g/mol. The first-order valence-corrected chi connectivity index (χ1v) is 13.7. The van der Waals surface area contributed by atoms with Crippen LogP contribution in [0.2, 0.25) is 0 Å². The van der Waals surface area contributed by atoms with E-state index >= 15 is 0 Å². The van der Waals surface area contributed by atoms with Crippen LogP contribution in [0.25, 0.3) is 16.9 Å². The number of anilines is 2. The third-order valence-corrected chi connectivity index (χ3v) is 7.96. The molecule has 38 heavy (non-hydrogen) atoms. The van der Waals surface area contributed by atoms with Crippen LogP contribution in [0.5, 0.6) is 0 Å². The maximum Gasteiger partial charge on any atom is 0.296 e. The van der Waals surface area contributed by atoms with Gasteiger partial charge in [-0.3, -0.25) is 9.47 Å². The molecule has 204 valence electrons.